The van der Waals surface area contributed by atoms with E-state index in [9.17, 15) is 19.2 Å². The van der Waals surface area contributed by atoms with E-state index in [0.717, 1.165) is 31.2 Å². The zero-order chi connectivity index (χ0) is 28.0. The van der Waals surface area contributed by atoms with Crippen molar-refractivity contribution in [3.05, 3.63) is 48.0 Å². The van der Waals surface area contributed by atoms with Crippen molar-refractivity contribution in [3.63, 3.8) is 0 Å². The average molecular weight is 539 g/mol. The van der Waals surface area contributed by atoms with Crippen molar-refractivity contribution in [2.45, 2.75) is 102 Å². The minimum Gasteiger partial charge on any atom is -0.444 e. The van der Waals surface area contributed by atoms with Gasteiger partial charge < -0.3 is 25.6 Å². The summed E-state index contributed by atoms with van der Waals surface area (Å²) in [5.74, 6) is -0.896. The van der Waals surface area contributed by atoms with E-state index < -0.39 is 29.3 Å². The number of hydrogen-bond donors (Lipinski definition) is 3. The van der Waals surface area contributed by atoms with E-state index >= 15 is 0 Å². The Labute approximate surface area is 231 Å². The van der Waals surface area contributed by atoms with Crippen LogP contribution in [0.1, 0.15) is 77.7 Å². The third-order valence-electron chi connectivity index (χ3n) is 7.62. The van der Waals surface area contributed by atoms with Crippen molar-refractivity contribution in [3.8, 4) is 0 Å². The van der Waals surface area contributed by atoms with Gasteiger partial charge in [0.1, 0.15) is 23.2 Å². The van der Waals surface area contributed by atoms with Crippen molar-refractivity contribution >= 4 is 23.8 Å². The van der Waals surface area contributed by atoms with E-state index in [1.54, 1.807) is 25.7 Å². The first kappa shape index (κ1) is 28.6. The normalized spacial score (nSPS) is 28.6. The monoisotopic (exact) mass is 538 g/mol. The molecule has 2 heterocycles. The van der Waals surface area contributed by atoms with Gasteiger partial charge in [0.2, 0.25) is 17.7 Å². The van der Waals surface area contributed by atoms with Crippen LogP contribution in [-0.4, -0.2) is 58.5 Å². The highest BCUT2D eigenvalue weighted by molar-refractivity contribution is 5.98. The van der Waals surface area contributed by atoms with Crippen molar-refractivity contribution in [1.29, 1.82) is 0 Å². The van der Waals surface area contributed by atoms with Crippen LogP contribution in [0.5, 0.6) is 0 Å². The standard InChI is InChI=1S/C30H42N4O5/c1-29(2,3)39-28(38)32-23-16-11-6-4-5-10-15-22-19-30(22,27(37)31-20-21-13-8-7-9-14-21)33-25(35)24-17-12-18-34(24)26(23)36/h7-10,13-15,22-24H,4-6,11-12,16-20H2,1-3H3,(H,31,37)(H,32,38)(H,33,35)/b15-10-/t22-,23+,24+,30-/m1/s1. The first-order valence-electron chi connectivity index (χ1n) is 14.2. The number of benzene rings is 1. The Balaban J connectivity index is 1.51. The fourth-order valence-electron chi connectivity index (χ4n) is 5.48. The Hall–Kier alpha value is -3.36. The van der Waals surface area contributed by atoms with Crippen LogP contribution in [0.15, 0.2) is 42.5 Å². The van der Waals surface area contributed by atoms with Crippen LogP contribution in [0.25, 0.3) is 0 Å². The highest BCUT2D eigenvalue weighted by Gasteiger charge is 2.60. The van der Waals surface area contributed by atoms with E-state index in [1.807, 2.05) is 36.4 Å². The molecule has 39 heavy (non-hydrogen) atoms. The number of carbonyl (C=O) groups excluding carboxylic acids is 4. The van der Waals surface area contributed by atoms with Crippen LogP contribution in [0.2, 0.25) is 0 Å². The number of amides is 4. The molecule has 1 aromatic carbocycles. The lowest BCUT2D eigenvalue weighted by atomic mass is 10.0. The minimum absolute atomic E-state index is 0.0884. The number of nitrogens with one attached hydrogen (secondary N) is 3. The lowest BCUT2D eigenvalue weighted by Gasteiger charge is -2.30. The van der Waals surface area contributed by atoms with Gasteiger partial charge in [-0.1, -0.05) is 55.3 Å². The van der Waals surface area contributed by atoms with Gasteiger partial charge in [0.25, 0.3) is 0 Å². The predicted octanol–water partition coefficient (Wildman–Crippen LogP) is 3.58. The van der Waals surface area contributed by atoms with Gasteiger partial charge in [0.15, 0.2) is 0 Å². The molecular weight excluding hydrogens is 496 g/mol. The van der Waals surface area contributed by atoms with Gasteiger partial charge >= 0.3 is 6.09 Å². The minimum atomic E-state index is -1.02. The first-order valence-corrected chi connectivity index (χ1v) is 14.2. The maximum atomic E-state index is 13.7. The maximum Gasteiger partial charge on any atom is 0.408 e. The zero-order valence-electron chi connectivity index (χ0n) is 23.3. The van der Waals surface area contributed by atoms with Gasteiger partial charge in [-0.3, -0.25) is 14.4 Å². The van der Waals surface area contributed by atoms with E-state index in [-0.39, 0.29) is 23.6 Å². The molecular formula is C30H42N4O5. The molecule has 3 aliphatic rings. The molecule has 212 valence electrons. The van der Waals surface area contributed by atoms with E-state index in [2.05, 4.69) is 22.0 Å². The van der Waals surface area contributed by atoms with Crippen molar-refractivity contribution in [1.82, 2.24) is 20.9 Å². The van der Waals surface area contributed by atoms with E-state index in [1.165, 1.54) is 0 Å². The highest BCUT2D eigenvalue weighted by Crippen LogP contribution is 2.45. The zero-order valence-corrected chi connectivity index (χ0v) is 23.3. The van der Waals surface area contributed by atoms with Gasteiger partial charge in [-0.2, -0.15) is 0 Å². The Morgan fingerprint density at radius 1 is 1.08 bits per heavy atom. The predicted molar refractivity (Wildman–Crippen MR) is 147 cm³/mol. The molecule has 9 heteroatoms. The van der Waals surface area contributed by atoms with Crippen LogP contribution < -0.4 is 16.0 Å². The largest absolute Gasteiger partial charge is 0.444 e. The van der Waals surface area contributed by atoms with Gasteiger partial charge in [0.05, 0.1) is 0 Å². The van der Waals surface area contributed by atoms with E-state index in [0.29, 0.717) is 38.8 Å². The summed E-state index contributed by atoms with van der Waals surface area (Å²) < 4.78 is 5.41. The summed E-state index contributed by atoms with van der Waals surface area (Å²) in [5.41, 5.74) is -0.728. The summed E-state index contributed by atoms with van der Waals surface area (Å²) in [6.45, 7) is 6.13. The molecule has 0 radical (unpaired) electrons. The molecule has 3 N–H and O–H groups in total. The van der Waals surface area contributed by atoms with Crippen molar-refractivity contribution in [2.24, 2.45) is 5.92 Å². The molecule has 1 aromatic rings. The van der Waals surface area contributed by atoms with Crippen LogP contribution in [-0.2, 0) is 25.7 Å². The molecule has 2 fully saturated rings. The van der Waals surface area contributed by atoms with Crippen molar-refractivity contribution in [2.75, 3.05) is 6.54 Å². The van der Waals surface area contributed by atoms with Gasteiger partial charge in [-0.25, -0.2) is 4.79 Å². The van der Waals surface area contributed by atoms with Crippen molar-refractivity contribution < 1.29 is 23.9 Å². The van der Waals surface area contributed by atoms with E-state index in [4.69, 9.17) is 4.74 Å². The topological polar surface area (TPSA) is 117 Å². The molecule has 9 nitrogen and oxygen atoms in total. The number of alkyl carbamates (subject to hydrolysis) is 1. The number of carbonyl (C=O) groups is 4. The first-order chi connectivity index (χ1) is 18.6. The van der Waals surface area contributed by atoms with Crippen LogP contribution >= 0.6 is 0 Å². The Bertz CT molecular complexity index is 1080. The molecule has 0 aromatic heterocycles. The lowest BCUT2D eigenvalue weighted by molar-refractivity contribution is -0.141. The molecule has 2 aliphatic heterocycles. The lowest BCUT2D eigenvalue weighted by Crippen LogP contribution is -2.57. The second kappa shape index (κ2) is 12.2. The third-order valence-corrected chi connectivity index (χ3v) is 7.62. The average Bonchev–Trinajstić information content (AvgIpc) is 3.34. The Kier molecular flexibility index (Phi) is 8.97. The molecule has 1 aliphatic carbocycles. The summed E-state index contributed by atoms with van der Waals surface area (Å²) in [4.78, 5) is 54.8. The molecule has 1 saturated heterocycles. The fraction of sp³-hybridized carbons (Fsp3) is 0.600. The number of fused-ring (bicyclic) bond motifs is 2. The van der Waals surface area contributed by atoms with Gasteiger partial charge in [-0.15, -0.1) is 0 Å². The number of rotatable bonds is 4. The maximum absolute atomic E-state index is 13.7. The van der Waals surface area contributed by atoms with Gasteiger partial charge in [-0.05, 0) is 64.9 Å². The summed E-state index contributed by atoms with van der Waals surface area (Å²) in [6, 6.07) is 8.20. The molecule has 0 unspecified atom stereocenters. The fourth-order valence-corrected chi connectivity index (χ4v) is 5.48. The molecule has 4 rings (SSSR count). The highest BCUT2D eigenvalue weighted by atomic mass is 16.6. The summed E-state index contributed by atoms with van der Waals surface area (Å²) >= 11 is 0. The Morgan fingerprint density at radius 3 is 2.59 bits per heavy atom. The molecule has 1 saturated carbocycles. The molecule has 0 bridgehead atoms. The number of hydrogen-bond acceptors (Lipinski definition) is 5. The molecule has 4 amide bonds. The summed E-state index contributed by atoms with van der Waals surface area (Å²) in [6.07, 6.45) is 9.13. The Morgan fingerprint density at radius 2 is 1.85 bits per heavy atom. The smallest absolute Gasteiger partial charge is 0.408 e. The van der Waals surface area contributed by atoms with Gasteiger partial charge in [0, 0.05) is 19.0 Å². The van der Waals surface area contributed by atoms with Crippen LogP contribution in [0, 0.1) is 5.92 Å². The summed E-state index contributed by atoms with van der Waals surface area (Å²) in [5, 5.41) is 8.80. The SMILES string of the molecule is CC(C)(C)OC(=O)N[C@H]1CCCCC/C=C\[C@@H]2C[C@@]2(C(=O)NCc2ccccc2)NC(=O)[C@@H]2CCCN2C1=O. The molecule has 4 atom stereocenters. The second-order valence-corrected chi connectivity index (χ2v) is 11.9. The number of ether oxygens (including phenoxy) is 1. The van der Waals surface area contributed by atoms with Crippen LogP contribution in [0.4, 0.5) is 4.79 Å². The summed E-state index contributed by atoms with van der Waals surface area (Å²) in [7, 11) is 0. The second-order valence-electron chi connectivity index (χ2n) is 11.9. The van der Waals surface area contributed by atoms with Crippen LogP contribution in [0.3, 0.4) is 0 Å². The number of nitrogens with zero attached hydrogens (tertiary/aromatic N) is 1. The third kappa shape index (κ3) is 7.40. The quantitative estimate of drug-likeness (QED) is 0.507. The molecule has 0 spiro atoms. The number of allylic oxidation sites excluding steroid dienone is 1.